The smallest absolute Gasteiger partial charge is 0.149 e. The summed E-state index contributed by atoms with van der Waals surface area (Å²) in [6.07, 6.45) is 19.8. The topological polar surface area (TPSA) is 0 Å². The van der Waals surface area contributed by atoms with E-state index < -0.39 is 0 Å². The summed E-state index contributed by atoms with van der Waals surface area (Å²) in [5.74, 6) is 2.48. The summed E-state index contributed by atoms with van der Waals surface area (Å²) < 4.78 is 15.0. The van der Waals surface area contributed by atoms with Crippen LogP contribution in [-0.2, 0) is 6.42 Å². The Kier molecular flexibility index (Phi) is 9.09. The van der Waals surface area contributed by atoms with Gasteiger partial charge in [0.15, 0.2) is 0 Å². The van der Waals surface area contributed by atoms with Crippen LogP contribution in [-0.4, -0.2) is 0 Å². The van der Waals surface area contributed by atoms with Crippen molar-refractivity contribution >= 4 is 17.2 Å². The van der Waals surface area contributed by atoms with E-state index in [0.717, 1.165) is 54.6 Å². The van der Waals surface area contributed by atoms with Crippen LogP contribution in [0.4, 0.5) is 4.39 Å². The van der Waals surface area contributed by atoms with Gasteiger partial charge in [-0.25, -0.2) is 4.39 Å². The molecule has 0 aromatic heterocycles. The first kappa shape index (κ1) is 22.9. The van der Waals surface area contributed by atoms with Gasteiger partial charge in [-0.15, -0.1) is 0 Å². The third kappa shape index (κ3) is 6.09. The van der Waals surface area contributed by atoms with Gasteiger partial charge in [-0.2, -0.15) is 0 Å². The molecule has 2 aliphatic carbocycles. The Labute approximate surface area is 183 Å². The fraction of sp³-hybridized carbons (Fsp3) is 0.704. The lowest BCUT2D eigenvalue weighted by Crippen LogP contribution is -2.23. The molecule has 0 amide bonds. The van der Waals surface area contributed by atoms with Gasteiger partial charge in [0.25, 0.3) is 0 Å². The summed E-state index contributed by atoms with van der Waals surface area (Å²) >= 11 is 6.39. The minimum Gasteiger partial charge on any atom is -0.205 e. The molecule has 0 nitrogen and oxygen atoms in total. The predicted molar refractivity (Wildman–Crippen MR) is 125 cm³/mol. The Balaban J connectivity index is 1.56. The predicted octanol–water partition coefficient (Wildman–Crippen LogP) is 9.39. The third-order valence-electron chi connectivity index (χ3n) is 7.53. The van der Waals surface area contributed by atoms with Crippen molar-refractivity contribution in [3.05, 3.63) is 40.2 Å². The van der Waals surface area contributed by atoms with Crippen molar-refractivity contribution in [2.24, 2.45) is 17.8 Å². The number of benzene rings is 1. The lowest BCUT2D eigenvalue weighted by atomic mass is 9.70. The highest BCUT2D eigenvalue weighted by Gasteiger charge is 2.29. The molecule has 2 aliphatic rings. The van der Waals surface area contributed by atoms with Gasteiger partial charge in [-0.3, -0.25) is 0 Å². The van der Waals surface area contributed by atoms with E-state index in [0.29, 0.717) is 5.02 Å². The van der Waals surface area contributed by atoms with E-state index in [-0.39, 0.29) is 5.82 Å². The zero-order valence-corrected chi connectivity index (χ0v) is 19.4. The van der Waals surface area contributed by atoms with Gasteiger partial charge in [0.2, 0.25) is 0 Å². The van der Waals surface area contributed by atoms with Gasteiger partial charge < -0.3 is 0 Å². The molecular formula is C27H40ClF. The van der Waals surface area contributed by atoms with Crippen molar-refractivity contribution in [2.75, 3.05) is 0 Å². The van der Waals surface area contributed by atoms with Crippen LogP contribution in [0.5, 0.6) is 0 Å². The number of hydrogen-bond donors (Lipinski definition) is 0. The number of aryl methyl sites for hydroxylation is 1. The van der Waals surface area contributed by atoms with Gasteiger partial charge in [0.05, 0.1) is 5.02 Å². The summed E-state index contributed by atoms with van der Waals surface area (Å²) in [6, 6.07) is 4.04. The molecular weight excluding hydrogens is 379 g/mol. The van der Waals surface area contributed by atoms with Crippen LogP contribution in [0.1, 0.15) is 108 Å². The average molecular weight is 419 g/mol. The number of hydrogen-bond acceptors (Lipinski definition) is 0. The zero-order valence-electron chi connectivity index (χ0n) is 18.6. The van der Waals surface area contributed by atoms with Gasteiger partial charge >= 0.3 is 0 Å². The molecule has 0 radical (unpaired) electrons. The second kappa shape index (κ2) is 11.5. The summed E-state index contributed by atoms with van der Waals surface area (Å²) in [5, 5.41) is 0.354. The van der Waals surface area contributed by atoms with Gasteiger partial charge in [0, 0.05) is 5.56 Å². The number of rotatable bonds is 9. The highest BCUT2D eigenvalue weighted by atomic mass is 35.5. The van der Waals surface area contributed by atoms with E-state index >= 15 is 0 Å². The normalized spacial score (nSPS) is 25.1. The Bertz CT molecular complexity index is 669. The van der Waals surface area contributed by atoms with E-state index in [1.54, 1.807) is 0 Å². The highest BCUT2D eigenvalue weighted by Crippen LogP contribution is 2.43. The maximum absolute atomic E-state index is 15.0. The van der Waals surface area contributed by atoms with Crippen LogP contribution >= 0.6 is 11.6 Å². The average Bonchev–Trinajstić information content (AvgIpc) is 2.76. The van der Waals surface area contributed by atoms with Crippen LogP contribution in [0.15, 0.2) is 18.2 Å². The van der Waals surface area contributed by atoms with Crippen LogP contribution in [0.3, 0.4) is 0 Å². The standard InChI is InChI=1S/C27H40ClF/c1-3-5-7-9-24-18-19-25(27(29)26(24)28)23-16-14-22(15-17-23)21-12-10-20(11-13-21)8-6-4-2/h16,18-22H,3-15,17H2,1-2H3. The van der Waals surface area contributed by atoms with Gasteiger partial charge in [-0.05, 0) is 73.8 Å². The number of allylic oxidation sites excluding steroid dienone is 2. The van der Waals surface area contributed by atoms with Crippen molar-refractivity contribution < 1.29 is 4.39 Å². The fourth-order valence-electron chi connectivity index (χ4n) is 5.56. The van der Waals surface area contributed by atoms with Gasteiger partial charge in [-0.1, -0.05) is 88.6 Å². The molecule has 1 unspecified atom stereocenters. The van der Waals surface area contributed by atoms with E-state index in [1.807, 2.05) is 6.07 Å². The van der Waals surface area contributed by atoms with E-state index in [4.69, 9.17) is 11.6 Å². The Morgan fingerprint density at radius 3 is 2.34 bits per heavy atom. The molecule has 3 rings (SSSR count). The Morgan fingerprint density at radius 1 is 0.931 bits per heavy atom. The number of halogens is 2. The first-order valence-corrected chi connectivity index (χ1v) is 12.7. The molecule has 1 fully saturated rings. The molecule has 29 heavy (non-hydrogen) atoms. The van der Waals surface area contributed by atoms with Crippen LogP contribution < -0.4 is 0 Å². The summed E-state index contributed by atoms with van der Waals surface area (Å²) in [5.41, 5.74) is 2.89. The minimum absolute atomic E-state index is 0.193. The lowest BCUT2D eigenvalue weighted by molar-refractivity contribution is 0.188. The zero-order chi connectivity index (χ0) is 20.6. The van der Waals surface area contributed by atoms with E-state index in [2.05, 4.69) is 26.0 Å². The first-order chi connectivity index (χ1) is 14.1. The van der Waals surface area contributed by atoms with Crippen LogP contribution in [0.25, 0.3) is 5.57 Å². The van der Waals surface area contributed by atoms with Crippen LogP contribution in [0.2, 0.25) is 5.02 Å². The Hall–Kier alpha value is -0.820. The quantitative estimate of drug-likeness (QED) is 0.350. The third-order valence-corrected chi connectivity index (χ3v) is 7.94. The molecule has 0 aliphatic heterocycles. The largest absolute Gasteiger partial charge is 0.205 e. The Morgan fingerprint density at radius 2 is 1.69 bits per heavy atom. The van der Waals surface area contributed by atoms with Crippen molar-refractivity contribution in [2.45, 2.75) is 104 Å². The molecule has 162 valence electrons. The lowest BCUT2D eigenvalue weighted by Gasteiger charge is -2.35. The summed E-state index contributed by atoms with van der Waals surface area (Å²) in [4.78, 5) is 0. The number of unbranched alkanes of at least 4 members (excludes halogenated alkanes) is 3. The van der Waals surface area contributed by atoms with Crippen molar-refractivity contribution in [3.63, 3.8) is 0 Å². The van der Waals surface area contributed by atoms with Crippen molar-refractivity contribution in [1.82, 2.24) is 0 Å². The molecule has 1 aromatic carbocycles. The van der Waals surface area contributed by atoms with E-state index in [9.17, 15) is 4.39 Å². The monoisotopic (exact) mass is 418 g/mol. The van der Waals surface area contributed by atoms with Crippen molar-refractivity contribution in [1.29, 1.82) is 0 Å². The summed E-state index contributed by atoms with van der Waals surface area (Å²) in [7, 11) is 0. The maximum atomic E-state index is 15.0. The minimum atomic E-state index is -0.193. The molecule has 0 saturated heterocycles. The second-order valence-electron chi connectivity index (χ2n) is 9.54. The molecule has 1 atom stereocenters. The van der Waals surface area contributed by atoms with E-state index in [1.165, 1.54) is 69.8 Å². The molecule has 0 N–H and O–H groups in total. The molecule has 0 spiro atoms. The first-order valence-electron chi connectivity index (χ1n) is 12.3. The molecule has 0 bridgehead atoms. The molecule has 0 heterocycles. The van der Waals surface area contributed by atoms with Crippen LogP contribution in [0, 0.1) is 23.6 Å². The SMILES string of the molecule is CCCCCc1ccc(C2=CCC(C3CCC(CCCC)CC3)CC2)c(F)c1Cl. The molecule has 1 aromatic rings. The highest BCUT2D eigenvalue weighted by molar-refractivity contribution is 6.31. The second-order valence-corrected chi connectivity index (χ2v) is 9.92. The molecule has 1 saturated carbocycles. The van der Waals surface area contributed by atoms with Crippen molar-refractivity contribution in [3.8, 4) is 0 Å². The maximum Gasteiger partial charge on any atom is 0.149 e. The summed E-state index contributed by atoms with van der Waals surface area (Å²) in [6.45, 7) is 4.49. The van der Waals surface area contributed by atoms with Gasteiger partial charge in [0.1, 0.15) is 5.82 Å². The molecule has 2 heteroatoms. The fourth-order valence-corrected chi connectivity index (χ4v) is 5.82.